The quantitative estimate of drug-likeness (QED) is 0.762. The van der Waals surface area contributed by atoms with E-state index in [4.69, 9.17) is 11.6 Å². The lowest BCUT2D eigenvalue weighted by Crippen LogP contribution is -2.41. The van der Waals surface area contributed by atoms with E-state index in [-0.39, 0.29) is 17.7 Å². The Morgan fingerprint density at radius 2 is 1.86 bits per heavy atom. The van der Waals surface area contributed by atoms with E-state index in [2.05, 4.69) is 34.4 Å². The maximum atomic E-state index is 12.9. The zero-order chi connectivity index (χ0) is 21.0. The number of benzene rings is 1. The average molecular weight is 415 g/mol. The fourth-order valence-electron chi connectivity index (χ4n) is 3.56. The summed E-state index contributed by atoms with van der Waals surface area (Å²) in [5, 5.41) is 6.26. The van der Waals surface area contributed by atoms with Crippen molar-refractivity contribution in [1.29, 1.82) is 0 Å². The lowest BCUT2D eigenvalue weighted by molar-refractivity contribution is -0.121. The third-order valence-electron chi connectivity index (χ3n) is 5.37. The summed E-state index contributed by atoms with van der Waals surface area (Å²) >= 11 is 5.84. The van der Waals surface area contributed by atoms with Crippen molar-refractivity contribution in [2.75, 3.05) is 23.7 Å². The van der Waals surface area contributed by atoms with Gasteiger partial charge in [0.15, 0.2) is 0 Å². The monoisotopic (exact) mass is 414 g/mol. The fourth-order valence-corrected chi connectivity index (χ4v) is 3.67. The van der Waals surface area contributed by atoms with Crippen LogP contribution in [0, 0.1) is 12.8 Å². The molecule has 1 aliphatic rings. The first-order valence-electron chi connectivity index (χ1n) is 9.92. The molecule has 1 fully saturated rings. The van der Waals surface area contributed by atoms with Crippen molar-refractivity contribution in [3.8, 4) is 0 Å². The van der Waals surface area contributed by atoms with E-state index >= 15 is 0 Å². The minimum Gasteiger partial charge on any atom is -0.325 e. The third kappa shape index (κ3) is 5.34. The molecule has 1 aromatic carbocycles. The predicted molar refractivity (Wildman–Crippen MR) is 116 cm³/mol. The number of amides is 2. The Morgan fingerprint density at radius 3 is 2.48 bits per heavy atom. The summed E-state index contributed by atoms with van der Waals surface area (Å²) < 4.78 is 0. The number of hydrogen-bond donors (Lipinski definition) is 2. The molecule has 7 heteroatoms. The molecule has 2 heterocycles. The minimum atomic E-state index is -0.326. The van der Waals surface area contributed by atoms with Gasteiger partial charge in [-0.1, -0.05) is 23.7 Å². The van der Waals surface area contributed by atoms with E-state index < -0.39 is 0 Å². The third-order valence-corrected chi connectivity index (χ3v) is 5.59. The van der Waals surface area contributed by atoms with Crippen molar-refractivity contribution in [2.45, 2.75) is 39.7 Å². The molecule has 1 aliphatic heterocycles. The van der Waals surface area contributed by atoms with Crippen molar-refractivity contribution >= 4 is 34.9 Å². The van der Waals surface area contributed by atoms with Gasteiger partial charge in [0.2, 0.25) is 5.91 Å². The highest BCUT2D eigenvalue weighted by atomic mass is 35.5. The summed E-state index contributed by atoms with van der Waals surface area (Å²) in [6, 6.07) is 9.18. The number of carbonyl (C=O) groups is 2. The van der Waals surface area contributed by atoms with Gasteiger partial charge >= 0.3 is 0 Å². The fraction of sp³-hybridized carbons (Fsp3) is 0.409. The van der Waals surface area contributed by atoms with E-state index in [9.17, 15) is 9.59 Å². The summed E-state index contributed by atoms with van der Waals surface area (Å²) in [5.74, 6) is 0.00696. The number of piperidine rings is 1. The lowest BCUT2D eigenvalue weighted by atomic mass is 9.94. The van der Waals surface area contributed by atoms with Crippen LogP contribution in [0.1, 0.15) is 42.6 Å². The highest BCUT2D eigenvalue weighted by molar-refractivity contribution is 6.30. The Kier molecular flexibility index (Phi) is 6.87. The van der Waals surface area contributed by atoms with E-state index in [1.165, 1.54) is 6.20 Å². The van der Waals surface area contributed by atoms with Crippen LogP contribution in [0.15, 0.2) is 36.5 Å². The van der Waals surface area contributed by atoms with Gasteiger partial charge in [-0.3, -0.25) is 9.59 Å². The molecule has 2 N–H and O–H groups in total. The Balaban J connectivity index is 1.72. The number of nitrogens with one attached hydrogen (secondary N) is 2. The van der Waals surface area contributed by atoms with Crippen LogP contribution in [0.2, 0.25) is 5.02 Å². The van der Waals surface area contributed by atoms with Gasteiger partial charge in [0.25, 0.3) is 5.91 Å². The molecule has 3 rings (SSSR count). The summed E-state index contributed by atoms with van der Waals surface area (Å²) in [7, 11) is 0. The number of hydrogen-bond acceptors (Lipinski definition) is 4. The normalized spacial score (nSPS) is 15.3. The van der Waals surface area contributed by atoms with Crippen molar-refractivity contribution in [1.82, 2.24) is 9.88 Å². The van der Waals surface area contributed by atoms with Gasteiger partial charge in [0.05, 0.1) is 16.3 Å². The van der Waals surface area contributed by atoms with Gasteiger partial charge in [0, 0.05) is 18.2 Å². The van der Waals surface area contributed by atoms with Gasteiger partial charge in [-0.05, 0) is 70.5 Å². The maximum absolute atomic E-state index is 12.9. The molecular weight excluding hydrogens is 388 g/mol. The molecule has 154 valence electrons. The number of aryl methyl sites for hydroxylation is 1. The SMILES string of the molecule is Cc1cccc(C(=O)Nc2ccc(Cl)cn2)c1NC(=O)C1CCN(C(C)C)CC1. The Hall–Kier alpha value is -2.44. The summed E-state index contributed by atoms with van der Waals surface area (Å²) in [6.07, 6.45) is 3.12. The Bertz CT molecular complexity index is 875. The number of pyridine rings is 1. The van der Waals surface area contributed by atoms with Crippen molar-refractivity contribution in [2.24, 2.45) is 5.92 Å². The first-order chi connectivity index (χ1) is 13.8. The summed E-state index contributed by atoms with van der Waals surface area (Å²) in [4.78, 5) is 32.2. The minimum absolute atomic E-state index is 0.0265. The van der Waals surface area contributed by atoms with Crippen LogP contribution in [-0.2, 0) is 4.79 Å². The highest BCUT2D eigenvalue weighted by Gasteiger charge is 2.27. The van der Waals surface area contributed by atoms with Gasteiger partial charge in [-0.2, -0.15) is 0 Å². The molecule has 0 aliphatic carbocycles. The summed E-state index contributed by atoms with van der Waals surface area (Å²) in [6.45, 7) is 8.06. The first-order valence-corrected chi connectivity index (χ1v) is 10.3. The molecule has 0 bridgehead atoms. The van der Waals surface area contributed by atoms with E-state index in [0.717, 1.165) is 31.5 Å². The number of nitrogens with zero attached hydrogens (tertiary/aromatic N) is 2. The standard InChI is InChI=1S/C22H27ClN4O2/c1-14(2)27-11-9-16(10-12-27)21(28)26-20-15(3)5-4-6-18(20)22(29)25-19-8-7-17(23)13-24-19/h4-8,13-14,16H,9-12H2,1-3H3,(H,26,28)(H,24,25,29). The second kappa shape index (κ2) is 9.37. The van der Waals surface area contributed by atoms with Gasteiger partial charge in [-0.25, -0.2) is 4.98 Å². The second-order valence-corrected chi connectivity index (χ2v) is 8.14. The van der Waals surface area contributed by atoms with Gasteiger partial charge in [-0.15, -0.1) is 0 Å². The van der Waals surface area contributed by atoms with Crippen LogP contribution in [0.3, 0.4) is 0 Å². The molecule has 0 spiro atoms. The number of carbonyl (C=O) groups excluding carboxylic acids is 2. The zero-order valence-electron chi connectivity index (χ0n) is 17.0. The van der Waals surface area contributed by atoms with Crippen LogP contribution in [0.25, 0.3) is 0 Å². The number of halogens is 1. The maximum Gasteiger partial charge on any atom is 0.258 e. The molecule has 6 nitrogen and oxygen atoms in total. The molecule has 0 radical (unpaired) electrons. The van der Waals surface area contributed by atoms with Crippen LogP contribution < -0.4 is 10.6 Å². The molecule has 0 unspecified atom stereocenters. The van der Waals surface area contributed by atoms with Crippen LogP contribution >= 0.6 is 11.6 Å². The summed E-state index contributed by atoms with van der Waals surface area (Å²) in [5.41, 5.74) is 1.81. The number of rotatable bonds is 5. The largest absolute Gasteiger partial charge is 0.325 e. The molecule has 29 heavy (non-hydrogen) atoms. The van der Waals surface area contributed by atoms with Crippen LogP contribution in [0.4, 0.5) is 11.5 Å². The number of likely N-dealkylation sites (tertiary alicyclic amines) is 1. The number of anilines is 2. The van der Waals surface area contributed by atoms with E-state index in [1.807, 2.05) is 13.0 Å². The molecule has 0 atom stereocenters. The number of para-hydroxylation sites is 1. The smallest absolute Gasteiger partial charge is 0.258 e. The second-order valence-electron chi connectivity index (χ2n) is 7.71. The Labute approximate surface area is 176 Å². The average Bonchev–Trinajstić information content (AvgIpc) is 2.71. The lowest BCUT2D eigenvalue weighted by Gasteiger charge is -2.34. The molecule has 1 saturated heterocycles. The topological polar surface area (TPSA) is 74.3 Å². The van der Waals surface area contributed by atoms with Gasteiger partial charge in [0.1, 0.15) is 5.82 Å². The van der Waals surface area contributed by atoms with Crippen LogP contribution in [0.5, 0.6) is 0 Å². The highest BCUT2D eigenvalue weighted by Crippen LogP contribution is 2.25. The molecular formula is C22H27ClN4O2. The first kappa shape index (κ1) is 21.3. The molecule has 0 saturated carbocycles. The van der Waals surface area contributed by atoms with E-state index in [0.29, 0.717) is 28.1 Å². The zero-order valence-corrected chi connectivity index (χ0v) is 17.8. The number of aromatic nitrogens is 1. The van der Waals surface area contributed by atoms with E-state index in [1.54, 1.807) is 24.3 Å². The van der Waals surface area contributed by atoms with Crippen molar-refractivity contribution in [3.63, 3.8) is 0 Å². The predicted octanol–water partition coefficient (Wildman–Crippen LogP) is 4.35. The van der Waals surface area contributed by atoms with Crippen molar-refractivity contribution < 1.29 is 9.59 Å². The molecule has 2 amide bonds. The van der Waals surface area contributed by atoms with Gasteiger partial charge < -0.3 is 15.5 Å². The Morgan fingerprint density at radius 1 is 1.14 bits per heavy atom. The molecule has 1 aromatic heterocycles. The molecule has 2 aromatic rings. The van der Waals surface area contributed by atoms with Crippen molar-refractivity contribution in [3.05, 3.63) is 52.7 Å². The van der Waals surface area contributed by atoms with Crippen LogP contribution in [-0.4, -0.2) is 40.8 Å².